The van der Waals surface area contributed by atoms with E-state index in [1.54, 1.807) is 0 Å². The molecule has 1 atom stereocenters. The molecular formula is C15H20O3. The van der Waals surface area contributed by atoms with Crippen LogP contribution >= 0.6 is 0 Å². The quantitative estimate of drug-likeness (QED) is 0.622. The van der Waals surface area contributed by atoms with E-state index in [1.807, 2.05) is 44.2 Å². The van der Waals surface area contributed by atoms with E-state index >= 15 is 0 Å². The van der Waals surface area contributed by atoms with Crippen molar-refractivity contribution in [2.24, 2.45) is 5.92 Å². The number of hydrogen-bond acceptors (Lipinski definition) is 3. The van der Waals surface area contributed by atoms with E-state index in [2.05, 4.69) is 6.58 Å². The van der Waals surface area contributed by atoms with Crippen LogP contribution in [-0.4, -0.2) is 17.2 Å². The van der Waals surface area contributed by atoms with Gasteiger partial charge in [-0.25, -0.2) is 4.79 Å². The predicted octanol–water partition coefficient (Wildman–Crippen LogP) is 2.69. The molecule has 0 saturated carbocycles. The molecule has 98 valence electrons. The first-order valence-electron chi connectivity index (χ1n) is 6.07. The van der Waals surface area contributed by atoms with Gasteiger partial charge in [-0.3, -0.25) is 0 Å². The lowest BCUT2D eigenvalue weighted by molar-refractivity contribution is -0.154. The van der Waals surface area contributed by atoms with Gasteiger partial charge in [-0.15, -0.1) is 0 Å². The van der Waals surface area contributed by atoms with Crippen molar-refractivity contribution in [2.75, 3.05) is 0 Å². The Labute approximate surface area is 108 Å². The van der Waals surface area contributed by atoms with Crippen molar-refractivity contribution < 1.29 is 14.6 Å². The normalized spacial score (nSPS) is 12.2. The van der Waals surface area contributed by atoms with E-state index < -0.39 is 12.1 Å². The number of carbonyl (C=O) groups is 1. The highest BCUT2D eigenvalue weighted by Gasteiger charge is 2.18. The van der Waals surface area contributed by atoms with E-state index in [-0.39, 0.29) is 18.9 Å². The average molecular weight is 248 g/mol. The van der Waals surface area contributed by atoms with Crippen molar-refractivity contribution in [1.82, 2.24) is 0 Å². The van der Waals surface area contributed by atoms with Gasteiger partial charge in [0.05, 0.1) is 0 Å². The molecule has 0 aliphatic carbocycles. The number of aliphatic hydroxyl groups is 1. The highest BCUT2D eigenvalue weighted by Crippen LogP contribution is 2.14. The van der Waals surface area contributed by atoms with Crippen molar-refractivity contribution in [3.8, 4) is 0 Å². The molecule has 0 radical (unpaired) electrons. The second-order valence-corrected chi connectivity index (χ2v) is 4.63. The summed E-state index contributed by atoms with van der Waals surface area (Å²) in [6.45, 7) is 7.97. The minimum Gasteiger partial charge on any atom is -0.459 e. The molecule has 0 aliphatic heterocycles. The van der Waals surface area contributed by atoms with Crippen molar-refractivity contribution in [1.29, 1.82) is 0 Å². The molecule has 0 bridgehead atoms. The summed E-state index contributed by atoms with van der Waals surface area (Å²) in [5, 5.41) is 9.68. The molecule has 0 aromatic heterocycles. The molecule has 3 nitrogen and oxygen atoms in total. The van der Waals surface area contributed by atoms with Crippen LogP contribution in [0.1, 0.15) is 25.8 Å². The number of carbonyl (C=O) groups excluding carboxylic acids is 1. The van der Waals surface area contributed by atoms with Gasteiger partial charge < -0.3 is 9.84 Å². The molecular weight excluding hydrogens is 228 g/mol. The zero-order valence-corrected chi connectivity index (χ0v) is 10.9. The van der Waals surface area contributed by atoms with Crippen LogP contribution in [0.5, 0.6) is 0 Å². The molecule has 0 amide bonds. The zero-order valence-electron chi connectivity index (χ0n) is 10.9. The monoisotopic (exact) mass is 248 g/mol. The maximum Gasteiger partial charge on any atom is 0.335 e. The minimum absolute atomic E-state index is 0.185. The molecule has 1 N–H and O–H groups in total. The van der Waals surface area contributed by atoms with E-state index in [0.717, 1.165) is 11.1 Å². The summed E-state index contributed by atoms with van der Waals surface area (Å²) in [5.74, 6) is -0.345. The Morgan fingerprint density at radius 1 is 1.33 bits per heavy atom. The molecule has 1 aromatic carbocycles. The summed E-state index contributed by atoms with van der Waals surface area (Å²) in [6, 6.07) is 9.38. The number of esters is 1. The Balaban J connectivity index is 2.39. The summed E-state index contributed by atoms with van der Waals surface area (Å²) < 4.78 is 5.04. The van der Waals surface area contributed by atoms with Crippen molar-refractivity contribution in [2.45, 2.75) is 33.0 Å². The van der Waals surface area contributed by atoms with Crippen LogP contribution in [0, 0.1) is 5.92 Å². The van der Waals surface area contributed by atoms with Crippen LogP contribution in [0.3, 0.4) is 0 Å². The maximum absolute atomic E-state index is 11.6. The van der Waals surface area contributed by atoms with Gasteiger partial charge >= 0.3 is 5.97 Å². The number of ether oxygens (including phenoxy) is 1. The summed E-state index contributed by atoms with van der Waals surface area (Å²) in [6.07, 6.45) is -0.866. The zero-order chi connectivity index (χ0) is 13.5. The second-order valence-electron chi connectivity index (χ2n) is 4.63. The summed E-state index contributed by atoms with van der Waals surface area (Å²) in [5.41, 5.74) is 1.75. The summed E-state index contributed by atoms with van der Waals surface area (Å²) in [4.78, 5) is 11.6. The fourth-order valence-corrected chi connectivity index (χ4v) is 1.39. The smallest absolute Gasteiger partial charge is 0.335 e. The molecule has 18 heavy (non-hydrogen) atoms. The predicted molar refractivity (Wildman–Crippen MR) is 70.8 cm³/mol. The van der Waals surface area contributed by atoms with Gasteiger partial charge in [-0.1, -0.05) is 56.3 Å². The lowest BCUT2D eigenvalue weighted by atomic mass is 9.99. The molecule has 3 heteroatoms. The minimum atomic E-state index is -1.12. The standard InChI is InChI=1S/C15H20O3/c1-11(2)12(3)9-14(16)15(17)18-10-13-7-5-4-6-8-13/h4-8,11,14,16H,3,9-10H2,1-2H3/t14-/m0/s1. The molecule has 1 aromatic rings. The Hall–Kier alpha value is -1.61. The fourth-order valence-electron chi connectivity index (χ4n) is 1.39. The number of benzene rings is 1. The molecule has 1 rings (SSSR count). The van der Waals surface area contributed by atoms with E-state index in [9.17, 15) is 9.90 Å². The SMILES string of the molecule is C=C(C[C@H](O)C(=O)OCc1ccccc1)C(C)C. The van der Waals surface area contributed by atoms with E-state index in [4.69, 9.17) is 4.74 Å². The fraction of sp³-hybridized carbons (Fsp3) is 0.400. The van der Waals surface area contributed by atoms with Gasteiger partial charge in [0.2, 0.25) is 0 Å². The number of aliphatic hydroxyl groups excluding tert-OH is 1. The van der Waals surface area contributed by atoms with Crippen molar-refractivity contribution >= 4 is 5.97 Å². The van der Waals surface area contributed by atoms with Gasteiger partial charge in [-0.05, 0) is 11.5 Å². The average Bonchev–Trinajstić information content (AvgIpc) is 2.36. The maximum atomic E-state index is 11.6. The topological polar surface area (TPSA) is 46.5 Å². The number of hydrogen-bond donors (Lipinski definition) is 1. The highest BCUT2D eigenvalue weighted by molar-refractivity contribution is 5.74. The van der Waals surface area contributed by atoms with Crippen LogP contribution in [-0.2, 0) is 16.1 Å². The third kappa shape index (κ3) is 4.72. The van der Waals surface area contributed by atoms with Crippen LogP contribution in [0.15, 0.2) is 42.5 Å². The third-order valence-corrected chi connectivity index (χ3v) is 2.77. The van der Waals surface area contributed by atoms with Crippen LogP contribution in [0.4, 0.5) is 0 Å². The first-order valence-corrected chi connectivity index (χ1v) is 6.07. The van der Waals surface area contributed by atoms with E-state index in [0.29, 0.717) is 0 Å². The van der Waals surface area contributed by atoms with Gasteiger partial charge in [0.25, 0.3) is 0 Å². The van der Waals surface area contributed by atoms with Crippen LogP contribution < -0.4 is 0 Å². The van der Waals surface area contributed by atoms with Gasteiger partial charge in [0.15, 0.2) is 6.10 Å². The Bertz CT molecular complexity index is 395. The molecule has 0 spiro atoms. The van der Waals surface area contributed by atoms with Gasteiger partial charge in [0, 0.05) is 6.42 Å². The third-order valence-electron chi connectivity index (χ3n) is 2.77. The molecule has 0 saturated heterocycles. The van der Waals surface area contributed by atoms with Gasteiger partial charge in [-0.2, -0.15) is 0 Å². The molecule has 0 unspecified atom stereocenters. The van der Waals surface area contributed by atoms with Crippen LogP contribution in [0.25, 0.3) is 0 Å². The van der Waals surface area contributed by atoms with Crippen molar-refractivity contribution in [3.05, 3.63) is 48.0 Å². The lowest BCUT2D eigenvalue weighted by Gasteiger charge is -2.14. The Morgan fingerprint density at radius 2 is 1.94 bits per heavy atom. The molecule has 0 fully saturated rings. The highest BCUT2D eigenvalue weighted by atomic mass is 16.5. The largest absolute Gasteiger partial charge is 0.459 e. The first-order chi connectivity index (χ1) is 8.50. The van der Waals surface area contributed by atoms with Crippen molar-refractivity contribution in [3.63, 3.8) is 0 Å². The number of rotatable bonds is 6. The lowest BCUT2D eigenvalue weighted by Crippen LogP contribution is -2.24. The molecule has 0 heterocycles. The van der Waals surface area contributed by atoms with Gasteiger partial charge in [0.1, 0.15) is 6.61 Å². The summed E-state index contributed by atoms with van der Waals surface area (Å²) >= 11 is 0. The van der Waals surface area contributed by atoms with Crippen LogP contribution in [0.2, 0.25) is 0 Å². The van der Waals surface area contributed by atoms with E-state index in [1.165, 1.54) is 0 Å². The second kappa shape index (κ2) is 6.97. The molecule has 0 aliphatic rings. The Kier molecular flexibility index (Phi) is 5.59. The first kappa shape index (κ1) is 14.5. The Morgan fingerprint density at radius 3 is 2.50 bits per heavy atom. The summed E-state index contributed by atoms with van der Waals surface area (Å²) in [7, 11) is 0.